The predicted octanol–water partition coefficient (Wildman–Crippen LogP) is 0.323. The van der Waals surface area contributed by atoms with Gasteiger partial charge in [-0.15, -0.1) is 0 Å². The first-order valence-electron chi connectivity index (χ1n) is 2.70. The number of nitrogens with zero attached hydrogens (tertiary/aromatic N) is 2. The molecule has 0 unspecified atom stereocenters. The van der Waals surface area contributed by atoms with Crippen LogP contribution in [0.25, 0.3) is 0 Å². The van der Waals surface area contributed by atoms with Gasteiger partial charge < -0.3 is 5.32 Å². The zero-order valence-corrected chi connectivity index (χ0v) is 5.74. The SMILES string of the molecule is C=N/C=C(\N=C/C)NC=O. The summed E-state index contributed by atoms with van der Waals surface area (Å²) < 4.78 is 0. The topological polar surface area (TPSA) is 53.8 Å². The lowest BCUT2D eigenvalue weighted by molar-refractivity contribution is -0.108. The molecule has 0 spiro atoms. The Morgan fingerprint density at radius 3 is 2.80 bits per heavy atom. The van der Waals surface area contributed by atoms with Crippen LogP contribution < -0.4 is 5.32 Å². The number of amides is 1. The molecule has 0 aromatic rings. The van der Waals surface area contributed by atoms with Crippen molar-refractivity contribution in [1.82, 2.24) is 5.32 Å². The molecule has 0 aromatic heterocycles. The van der Waals surface area contributed by atoms with Crippen LogP contribution in [0.3, 0.4) is 0 Å². The molecule has 0 saturated heterocycles. The van der Waals surface area contributed by atoms with Crippen molar-refractivity contribution in [2.45, 2.75) is 6.92 Å². The predicted molar refractivity (Wildman–Crippen MR) is 41.0 cm³/mol. The molecule has 4 heteroatoms. The minimum absolute atomic E-state index is 0.382. The molecule has 0 aliphatic rings. The Morgan fingerprint density at radius 2 is 2.40 bits per heavy atom. The minimum atomic E-state index is 0.382. The van der Waals surface area contributed by atoms with Crippen LogP contribution >= 0.6 is 0 Å². The number of nitrogens with one attached hydrogen (secondary N) is 1. The van der Waals surface area contributed by atoms with E-state index in [0.717, 1.165) is 0 Å². The van der Waals surface area contributed by atoms with E-state index in [1.165, 1.54) is 6.20 Å². The number of carbonyl (C=O) groups is 1. The number of aliphatic imine (C=N–C) groups is 2. The lowest BCUT2D eigenvalue weighted by Gasteiger charge is -1.93. The highest BCUT2D eigenvalue weighted by atomic mass is 16.1. The van der Waals surface area contributed by atoms with Crippen LogP contribution in [0.5, 0.6) is 0 Å². The zero-order valence-electron chi connectivity index (χ0n) is 5.74. The molecule has 0 aromatic carbocycles. The fourth-order valence-electron chi connectivity index (χ4n) is 0.394. The van der Waals surface area contributed by atoms with E-state index < -0.39 is 0 Å². The molecule has 0 fully saturated rings. The molecule has 4 nitrogen and oxygen atoms in total. The summed E-state index contributed by atoms with van der Waals surface area (Å²) in [6.07, 6.45) is 3.44. The number of rotatable bonds is 4. The minimum Gasteiger partial charge on any atom is -0.312 e. The highest BCUT2D eigenvalue weighted by molar-refractivity contribution is 5.57. The molecule has 0 aliphatic heterocycles. The van der Waals surface area contributed by atoms with Crippen LogP contribution in [0.15, 0.2) is 22.0 Å². The van der Waals surface area contributed by atoms with Gasteiger partial charge in [-0.25, -0.2) is 4.99 Å². The maximum Gasteiger partial charge on any atom is 0.212 e. The third kappa shape index (κ3) is 3.54. The van der Waals surface area contributed by atoms with E-state index in [-0.39, 0.29) is 0 Å². The summed E-state index contributed by atoms with van der Waals surface area (Å²) in [5, 5.41) is 2.33. The van der Waals surface area contributed by atoms with E-state index >= 15 is 0 Å². The molecule has 1 amide bonds. The van der Waals surface area contributed by atoms with E-state index in [1.807, 2.05) is 0 Å². The van der Waals surface area contributed by atoms with E-state index in [1.54, 1.807) is 13.1 Å². The summed E-state index contributed by atoms with van der Waals surface area (Å²) in [4.78, 5) is 17.1. The van der Waals surface area contributed by atoms with Crippen molar-refractivity contribution in [2.75, 3.05) is 0 Å². The summed E-state index contributed by atoms with van der Waals surface area (Å²) in [5.74, 6) is 0.382. The molecule has 0 saturated carbocycles. The fraction of sp³-hybridized carbons (Fsp3) is 0.167. The van der Waals surface area contributed by atoms with Crippen LogP contribution in [-0.2, 0) is 4.79 Å². The zero-order chi connectivity index (χ0) is 7.82. The summed E-state index contributed by atoms with van der Waals surface area (Å²) in [5.41, 5.74) is 0. The second-order valence-electron chi connectivity index (χ2n) is 1.35. The molecule has 0 bridgehead atoms. The van der Waals surface area contributed by atoms with Gasteiger partial charge in [0.05, 0.1) is 6.20 Å². The molecule has 1 N–H and O–H groups in total. The van der Waals surface area contributed by atoms with Crippen molar-refractivity contribution in [3.05, 3.63) is 12.0 Å². The summed E-state index contributed by atoms with van der Waals surface area (Å²) in [6, 6.07) is 0. The number of hydrogen-bond donors (Lipinski definition) is 1. The van der Waals surface area contributed by atoms with Crippen molar-refractivity contribution in [2.24, 2.45) is 9.98 Å². The number of carbonyl (C=O) groups excluding carboxylic acids is 1. The smallest absolute Gasteiger partial charge is 0.212 e. The second kappa shape index (κ2) is 5.68. The molecule has 0 atom stereocenters. The Balaban J connectivity index is 4.09. The van der Waals surface area contributed by atoms with Crippen molar-refractivity contribution in [3.63, 3.8) is 0 Å². The number of hydrogen-bond acceptors (Lipinski definition) is 3. The van der Waals surface area contributed by atoms with Gasteiger partial charge in [-0.2, -0.15) is 0 Å². The van der Waals surface area contributed by atoms with Crippen LogP contribution in [0.2, 0.25) is 0 Å². The largest absolute Gasteiger partial charge is 0.312 e. The Kier molecular flexibility index (Phi) is 4.86. The van der Waals surface area contributed by atoms with Gasteiger partial charge in [0.25, 0.3) is 0 Å². The average molecular weight is 139 g/mol. The van der Waals surface area contributed by atoms with Gasteiger partial charge in [0.2, 0.25) is 6.41 Å². The molecular weight excluding hydrogens is 130 g/mol. The first kappa shape index (κ1) is 8.55. The summed E-state index contributed by atoms with van der Waals surface area (Å²) in [6.45, 7) is 4.95. The molecule has 10 heavy (non-hydrogen) atoms. The fourth-order valence-corrected chi connectivity index (χ4v) is 0.394. The van der Waals surface area contributed by atoms with Gasteiger partial charge in [0, 0.05) is 6.21 Å². The highest BCUT2D eigenvalue weighted by Gasteiger charge is 1.85. The van der Waals surface area contributed by atoms with Gasteiger partial charge >= 0.3 is 0 Å². The summed E-state index contributed by atoms with van der Waals surface area (Å²) >= 11 is 0. The van der Waals surface area contributed by atoms with E-state index in [0.29, 0.717) is 12.2 Å². The van der Waals surface area contributed by atoms with Crippen LogP contribution in [0.4, 0.5) is 0 Å². The molecule has 0 aliphatic carbocycles. The standard InChI is InChI=1S/C6H9N3O/c1-3-8-6(4-7-2)9-5-10/h3-5H,2H2,1H3,(H,9,10)/b6-4+,8-3-. The highest BCUT2D eigenvalue weighted by Crippen LogP contribution is 1.87. The molecule has 54 valence electrons. The third-order valence-electron chi connectivity index (χ3n) is 0.689. The van der Waals surface area contributed by atoms with Crippen molar-refractivity contribution in [3.8, 4) is 0 Å². The second-order valence-corrected chi connectivity index (χ2v) is 1.35. The van der Waals surface area contributed by atoms with Gasteiger partial charge in [-0.05, 0) is 13.6 Å². The Hall–Kier alpha value is -1.45. The van der Waals surface area contributed by atoms with Crippen molar-refractivity contribution >= 4 is 19.3 Å². The summed E-state index contributed by atoms with van der Waals surface area (Å²) in [7, 11) is 0. The average Bonchev–Trinajstić information content (AvgIpc) is 1.90. The monoisotopic (exact) mass is 139 g/mol. The first-order chi connectivity index (χ1) is 4.85. The van der Waals surface area contributed by atoms with Gasteiger partial charge in [-0.1, -0.05) is 0 Å². The Morgan fingerprint density at radius 1 is 1.70 bits per heavy atom. The van der Waals surface area contributed by atoms with Gasteiger partial charge in [0.1, 0.15) is 5.82 Å². The Bertz CT molecular complexity index is 172. The molecule has 0 heterocycles. The molecule has 0 rings (SSSR count). The van der Waals surface area contributed by atoms with Gasteiger partial charge in [-0.3, -0.25) is 9.79 Å². The molecular formula is C6H9N3O. The molecule has 0 radical (unpaired) electrons. The third-order valence-corrected chi connectivity index (χ3v) is 0.689. The lowest BCUT2D eigenvalue weighted by atomic mass is 10.7. The normalized spacial score (nSPS) is 11.5. The lowest BCUT2D eigenvalue weighted by Crippen LogP contribution is -2.07. The van der Waals surface area contributed by atoms with Crippen molar-refractivity contribution in [1.29, 1.82) is 0 Å². The van der Waals surface area contributed by atoms with E-state index in [2.05, 4.69) is 22.0 Å². The van der Waals surface area contributed by atoms with Crippen LogP contribution in [0, 0.1) is 0 Å². The van der Waals surface area contributed by atoms with Crippen LogP contribution in [-0.4, -0.2) is 19.3 Å². The van der Waals surface area contributed by atoms with E-state index in [4.69, 9.17) is 0 Å². The maximum absolute atomic E-state index is 9.88. The Labute approximate surface area is 59.4 Å². The quantitative estimate of drug-likeness (QED) is 0.442. The van der Waals surface area contributed by atoms with E-state index in [9.17, 15) is 4.79 Å². The van der Waals surface area contributed by atoms with Gasteiger partial charge in [0.15, 0.2) is 0 Å². The van der Waals surface area contributed by atoms with Crippen LogP contribution in [0.1, 0.15) is 6.92 Å². The van der Waals surface area contributed by atoms with Crippen molar-refractivity contribution < 1.29 is 4.79 Å². The maximum atomic E-state index is 9.88. The first-order valence-corrected chi connectivity index (χ1v) is 2.70.